The van der Waals surface area contributed by atoms with E-state index in [9.17, 15) is 26.0 Å². The minimum absolute atomic E-state index is 0.00604. The molecule has 0 N–H and O–H groups in total. The summed E-state index contributed by atoms with van der Waals surface area (Å²) in [6.07, 6.45) is -0.767. The van der Waals surface area contributed by atoms with E-state index in [4.69, 9.17) is 0 Å². The second-order valence-electron chi connectivity index (χ2n) is 5.44. The Morgan fingerprint density at radius 1 is 1.08 bits per heavy atom. The van der Waals surface area contributed by atoms with Crippen LogP contribution < -0.4 is 0 Å². The number of benzene rings is 1. The average Bonchev–Trinajstić information content (AvgIpc) is 3.00. The van der Waals surface area contributed by atoms with E-state index in [1.54, 1.807) is 0 Å². The molecule has 26 heavy (non-hydrogen) atoms. The molecule has 10 heteroatoms. The predicted molar refractivity (Wildman–Crippen MR) is 84.9 cm³/mol. The monoisotopic (exact) mass is 384 g/mol. The number of sulfone groups is 1. The molecule has 0 aliphatic heterocycles. The highest BCUT2D eigenvalue weighted by Gasteiger charge is 2.35. The maximum Gasteiger partial charge on any atom is 0.434 e. The van der Waals surface area contributed by atoms with E-state index >= 15 is 0 Å². The van der Waals surface area contributed by atoms with E-state index < -0.39 is 27.5 Å². The smallest absolute Gasteiger partial charge is 0.299 e. The van der Waals surface area contributed by atoms with E-state index in [1.165, 1.54) is 24.3 Å². The third kappa shape index (κ3) is 3.45. The third-order valence-electron chi connectivity index (χ3n) is 3.55. The quantitative estimate of drug-likeness (QED) is 0.649. The summed E-state index contributed by atoms with van der Waals surface area (Å²) in [6.45, 7) is 0. The first kappa shape index (κ1) is 18.1. The van der Waals surface area contributed by atoms with E-state index in [2.05, 4.69) is 9.97 Å². The molecule has 0 bridgehead atoms. The van der Waals surface area contributed by atoms with Gasteiger partial charge in [-0.2, -0.15) is 13.2 Å². The van der Waals surface area contributed by atoms with Crippen molar-refractivity contribution in [1.29, 1.82) is 0 Å². The maximum absolute atomic E-state index is 14.0. The van der Waals surface area contributed by atoms with Crippen LogP contribution >= 0.6 is 0 Å². The van der Waals surface area contributed by atoms with E-state index in [0.717, 1.165) is 35.5 Å². The number of alkyl halides is 3. The first-order valence-corrected chi connectivity index (χ1v) is 9.03. The lowest BCUT2D eigenvalue weighted by atomic mass is 10.2. The van der Waals surface area contributed by atoms with Crippen molar-refractivity contribution in [2.45, 2.75) is 11.1 Å². The Labute approximate surface area is 145 Å². The van der Waals surface area contributed by atoms with Gasteiger partial charge in [-0.15, -0.1) is 0 Å². The molecule has 3 aromatic rings. The van der Waals surface area contributed by atoms with Gasteiger partial charge in [0.05, 0.1) is 10.5 Å². The molecule has 0 saturated carbocycles. The van der Waals surface area contributed by atoms with Gasteiger partial charge in [0.25, 0.3) is 0 Å². The molecule has 0 aliphatic carbocycles. The zero-order chi connectivity index (χ0) is 19.1. The highest BCUT2D eigenvalue weighted by molar-refractivity contribution is 7.90. The lowest BCUT2D eigenvalue weighted by Gasteiger charge is -2.09. The molecule has 0 atom stereocenters. The van der Waals surface area contributed by atoms with Crippen molar-refractivity contribution in [2.24, 2.45) is 0 Å². The van der Waals surface area contributed by atoms with Gasteiger partial charge in [-0.05, 0) is 30.3 Å². The van der Waals surface area contributed by atoms with Crippen LogP contribution in [0.15, 0.2) is 53.8 Å². The van der Waals surface area contributed by atoms with Gasteiger partial charge in [0, 0.05) is 30.5 Å². The van der Waals surface area contributed by atoms with Crippen molar-refractivity contribution in [3.63, 3.8) is 0 Å². The molecule has 0 unspecified atom stereocenters. The fourth-order valence-corrected chi connectivity index (χ4v) is 2.93. The van der Waals surface area contributed by atoms with Crippen molar-refractivity contribution in [2.75, 3.05) is 6.26 Å². The van der Waals surface area contributed by atoms with Gasteiger partial charge < -0.3 is 0 Å². The fraction of sp³-hybridized carbons (Fsp3) is 0.125. The van der Waals surface area contributed by atoms with Crippen LogP contribution in [0.3, 0.4) is 0 Å². The molecule has 0 saturated heterocycles. The van der Waals surface area contributed by atoms with Crippen LogP contribution in [0.5, 0.6) is 0 Å². The summed E-state index contributed by atoms with van der Waals surface area (Å²) >= 11 is 0. The SMILES string of the molecule is CS(=O)(=O)c1ccc(-n2cc(C(F)(F)F)nc2-c2cnccc2[18F])cc1. The molecule has 136 valence electrons. The molecule has 5 nitrogen and oxygen atoms in total. The number of pyridine rings is 1. The van der Waals surface area contributed by atoms with Crippen molar-refractivity contribution in [3.8, 4) is 17.1 Å². The van der Waals surface area contributed by atoms with Crippen molar-refractivity contribution < 1.29 is 26.0 Å². The summed E-state index contributed by atoms with van der Waals surface area (Å²) in [5.74, 6) is -1.08. The van der Waals surface area contributed by atoms with Gasteiger partial charge in [-0.25, -0.2) is 17.8 Å². The Kier molecular flexibility index (Phi) is 4.31. The largest absolute Gasteiger partial charge is 0.434 e. The molecule has 0 fully saturated rings. The molecule has 0 aliphatic rings. The Morgan fingerprint density at radius 2 is 1.73 bits per heavy atom. The molecule has 0 amide bonds. The highest BCUT2D eigenvalue weighted by atomic mass is 32.2. The van der Waals surface area contributed by atoms with Gasteiger partial charge in [0.1, 0.15) is 11.6 Å². The Hall–Kier alpha value is -2.75. The molecule has 0 radical (unpaired) electrons. The lowest BCUT2D eigenvalue weighted by molar-refractivity contribution is -0.140. The van der Waals surface area contributed by atoms with Crippen molar-refractivity contribution in [3.05, 3.63) is 60.4 Å². The Balaban J connectivity index is 2.20. The second kappa shape index (κ2) is 6.20. The van der Waals surface area contributed by atoms with Gasteiger partial charge in [0.2, 0.25) is 0 Å². The van der Waals surface area contributed by atoms with Crippen LogP contribution in [0.1, 0.15) is 5.69 Å². The Morgan fingerprint density at radius 3 is 2.27 bits per heavy atom. The summed E-state index contributed by atoms with van der Waals surface area (Å²) in [5.41, 5.74) is -1.23. The van der Waals surface area contributed by atoms with Crippen LogP contribution in [0.4, 0.5) is 17.6 Å². The van der Waals surface area contributed by atoms with Gasteiger partial charge in [-0.1, -0.05) is 0 Å². The number of rotatable bonds is 3. The topological polar surface area (TPSA) is 64.8 Å². The predicted octanol–water partition coefficient (Wildman–Crippen LogP) is 3.50. The van der Waals surface area contributed by atoms with E-state index in [1.807, 2.05) is 0 Å². The first-order valence-electron chi connectivity index (χ1n) is 7.14. The number of imidazole rings is 1. The van der Waals surface area contributed by atoms with E-state index in [0.29, 0.717) is 0 Å². The third-order valence-corrected chi connectivity index (χ3v) is 4.68. The number of hydrogen-bond donors (Lipinski definition) is 0. The summed E-state index contributed by atoms with van der Waals surface area (Å²) in [4.78, 5) is 7.23. The Bertz CT molecular complexity index is 1060. The standard InChI is InChI=1S/C16H11F4N3O2S/c1-26(24,25)11-4-2-10(3-5-11)23-9-14(16(18,19)20)22-15(23)12-8-21-7-6-13(12)17/h2-9H,1H3/i17-1. The van der Waals surface area contributed by atoms with Crippen LogP contribution in [-0.2, 0) is 16.0 Å². The van der Waals surface area contributed by atoms with E-state index in [-0.39, 0.29) is 22.0 Å². The normalized spacial score (nSPS) is 12.3. The number of hydrogen-bond acceptors (Lipinski definition) is 4. The zero-order valence-corrected chi connectivity index (χ0v) is 14.0. The van der Waals surface area contributed by atoms with Crippen LogP contribution in [0, 0.1) is 5.82 Å². The van der Waals surface area contributed by atoms with Crippen molar-refractivity contribution in [1.82, 2.24) is 14.5 Å². The van der Waals surface area contributed by atoms with Crippen LogP contribution in [0.2, 0.25) is 0 Å². The van der Waals surface area contributed by atoms with Gasteiger partial charge >= 0.3 is 6.18 Å². The first-order chi connectivity index (χ1) is 12.1. The van der Waals surface area contributed by atoms with Crippen LogP contribution in [-0.4, -0.2) is 29.2 Å². The maximum atomic E-state index is 14.0. The number of halogens is 4. The average molecular weight is 384 g/mol. The summed E-state index contributed by atoms with van der Waals surface area (Å²) in [6, 6.07) is 6.14. The minimum atomic E-state index is -4.73. The molecule has 0 spiro atoms. The lowest BCUT2D eigenvalue weighted by Crippen LogP contribution is -2.05. The molecule has 3 rings (SSSR count). The molecular formula is C16H11F4N3O2S. The molecule has 1 aromatic carbocycles. The van der Waals surface area contributed by atoms with Gasteiger partial charge in [0.15, 0.2) is 15.5 Å². The molecule has 2 heterocycles. The summed E-state index contributed by atoms with van der Waals surface area (Å²) in [5, 5.41) is 0. The molecular weight excluding hydrogens is 373 g/mol. The summed E-state index contributed by atoms with van der Waals surface area (Å²) < 4.78 is 77.3. The molecule has 2 aromatic heterocycles. The second-order valence-corrected chi connectivity index (χ2v) is 7.45. The van der Waals surface area contributed by atoms with Crippen LogP contribution in [0.25, 0.3) is 17.1 Å². The van der Waals surface area contributed by atoms with Crippen molar-refractivity contribution >= 4 is 9.84 Å². The fourth-order valence-electron chi connectivity index (χ4n) is 2.30. The number of nitrogens with zero attached hydrogens (tertiary/aromatic N) is 3. The highest BCUT2D eigenvalue weighted by Crippen LogP contribution is 2.33. The van der Waals surface area contributed by atoms with Gasteiger partial charge in [-0.3, -0.25) is 9.55 Å². The minimum Gasteiger partial charge on any atom is -0.299 e. The zero-order valence-electron chi connectivity index (χ0n) is 13.2. The number of aromatic nitrogens is 3. The summed E-state index contributed by atoms with van der Waals surface area (Å²) in [7, 11) is -3.46.